The first-order valence-corrected chi connectivity index (χ1v) is 12.6. The van der Waals surface area contributed by atoms with Crippen molar-refractivity contribution < 1.29 is 36.6 Å². The first-order chi connectivity index (χ1) is 19.2. The fourth-order valence-corrected chi connectivity index (χ4v) is 6.93. The maximum Gasteiger partial charge on any atom is 0.347 e. The number of carbonyl (C=O) groups excluding carboxylic acids is 2. The summed E-state index contributed by atoms with van der Waals surface area (Å²) < 4.78 is 74.8. The lowest BCUT2D eigenvalue weighted by Gasteiger charge is -2.49. The van der Waals surface area contributed by atoms with Gasteiger partial charge in [-0.3, -0.25) is 9.59 Å². The molecule has 2 amide bonds. The van der Waals surface area contributed by atoms with Crippen molar-refractivity contribution in [2.45, 2.75) is 34.7 Å². The van der Waals surface area contributed by atoms with E-state index in [0.29, 0.717) is 0 Å². The number of halogens is 7. The number of allylic oxidation sites excluding steroid dienone is 2. The number of amides is 2. The van der Waals surface area contributed by atoms with Gasteiger partial charge in [0.1, 0.15) is 11.4 Å². The van der Waals surface area contributed by atoms with Gasteiger partial charge in [0, 0.05) is 19.4 Å². The lowest BCUT2D eigenvalue weighted by atomic mass is 9.64. The summed E-state index contributed by atoms with van der Waals surface area (Å²) in [6.07, 6.45) is 0.763. The molecular formula is C25H15Cl2F5N4O5. The zero-order chi connectivity index (χ0) is 29.9. The molecule has 0 radical (unpaired) electrons. The molecule has 1 saturated carbocycles. The van der Waals surface area contributed by atoms with Crippen LogP contribution in [0.25, 0.3) is 0 Å². The van der Waals surface area contributed by atoms with Crippen LogP contribution < -0.4 is 16.3 Å². The van der Waals surface area contributed by atoms with Gasteiger partial charge in [0.25, 0.3) is 11.8 Å². The average Bonchev–Trinajstić information content (AvgIpc) is 3.24. The van der Waals surface area contributed by atoms with Gasteiger partial charge >= 0.3 is 11.4 Å². The summed E-state index contributed by atoms with van der Waals surface area (Å²) >= 11 is 13.8. The molecule has 1 aromatic heterocycles. The molecule has 1 saturated heterocycles. The molecule has 214 valence electrons. The SMILES string of the molecule is Cn1c(=O)n2n(c1=O)[C@@H]1C[C@@]3(Cl)C(=O)N(c4c(F)c(F)c(F)c(F)c4F)C(=O)[C@@]3(Cl)[C@@H](c3cccc(O)c3)C1=CC2. The lowest BCUT2D eigenvalue weighted by Crippen LogP contribution is -2.59. The molecule has 4 atom stereocenters. The van der Waals surface area contributed by atoms with E-state index in [1.54, 1.807) is 0 Å². The zero-order valence-corrected chi connectivity index (χ0v) is 22.0. The molecule has 2 aromatic carbocycles. The highest BCUT2D eigenvalue weighted by atomic mass is 35.5. The molecule has 9 nitrogen and oxygen atoms in total. The number of fused-ring (bicyclic) bond motifs is 4. The smallest absolute Gasteiger partial charge is 0.347 e. The Hall–Kier alpha value is -3.91. The van der Waals surface area contributed by atoms with Crippen LogP contribution in [0.15, 0.2) is 45.5 Å². The van der Waals surface area contributed by atoms with Gasteiger partial charge in [-0.25, -0.2) is 50.4 Å². The average molecular weight is 617 g/mol. The quantitative estimate of drug-likeness (QED) is 0.119. The number of alkyl halides is 2. The van der Waals surface area contributed by atoms with E-state index in [9.17, 15) is 46.2 Å². The van der Waals surface area contributed by atoms with Gasteiger partial charge in [-0.15, -0.1) is 23.2 Å². The molecule has 3 heterocycles. The van der Waals surface area contributed by atoms with Crippen molar-refractivity contribution in [1.29, 1.82) is 0 Å². The number of rotatable bonds is 2. The fourth-order valence-electron chi connectivity index (χ4n) is 6.02. The molecule has 41 heavy (non-hydrogen) atoms. The summed E-state index contributed by atoms with van der Waals surface area (Å²) in [5.41, 5.74) is -3.15. The van der Waals surface area contributed by atoms with Crippen LogP contribution in [0.3, 0.4) is 0 Å². The van der Waals surface area contributed by atoms with E-state index >= 15 is 0 Å². The molecule has 1 N–H and O–H groups in total. The van der Waals surface area contributed by atoms with Crippen LogP contribution in [0, 0.1) is 29.1 Å². The Bertz CT molecular complexity index is 1860. The molecule has 0 unspecified atom stereocenters. The fraction of sp³-hybridized carbons (Fsp3) is 0.280. The van der Waals surface area contributed by atoms with Crippen LogP contribution in [-0.4, -0.2) is 40.6 Å². The second-order valence-corrected chi connectivity index (χ2v) is 11.1. The standard InChI is InChI=1S/C25H15Cl2F5N4O5/c1-33-22(40)34-6-5-11-12(36(34)23(33)41)8-24(26)20(38)35(19-17(31)15(29)14(28)16(30)18(19)32)21(39)25(24,27)13(11)9-3-2-4-10(37)7-9/h2-5,7,12-13,37H,6,8H2,1H3/t12-,13+,24-,25+/m1/s1. The summed E-state index contributed by atoms with van der Waals surface area (Å²) in [6, 6.07) is 3.97. The number of benzene rings is 2. The molecule has 0 spiro atoms. The predicted octanol–water partition coefficient (Wildman–Crippen LogP) is 2.95. The topological polar surface area (TPSA) is 107 Å². The van der Waals surface area contributed by atoms with Crippen molar-refractivity contribution in [2.24, 2.45) is 7.05 Å². The maximum absolute atomic E-state index is 14.9. The Morgan fingerprint density at radius 3 is 2.12 bits per heavy atom. The second-order valence-electron chi connectivity index (χ2n) is 9.88. The number of nitrogens with zero attached hydrogens (tertiary/aromatic N) is 4. The Labute approximate surface area is 235 Å². The van der Waals surface area contributed by atoms with E-state index in [2.05, 4.69) is 0 Å². The highest BCUT2D eigenvalue weighted by Gasteiger charge is 2.76. The number of aromatic hydroxyl groups is 1. The summed E-state index contributed by atoms with van der Waals surface area (Å²) in [5.74, 6) is -17.3. The molecule has 2 fully saturated rings. The van der Waals surface area contributed by atoms with Gasteiger partial charge in [0.05, 0.1) is 12.6 Å². The van der Waals surface area contributed by atoms with Crippen LogP contribution in [0.4, 0.5) is 27.6 Å². The molecule has 3 aromatic rings. The van der Waals surface area contributed by atoms with E-state index in [1.165, 1.54) is 37.4 Å². The van der Waals surface area contributed by atoms with Crippen molar-refractivity contribution >= 4 is 40.7 Å². The number of phenols is 1. The maximum atomic E-state index is 14.9. The summed E-state index contributed by atoms with van der Waals surface area (Å²) in [4.78, 5) is 48.0. The van der Waals surface area contributed by atoms with Crippen molar-refractivity contribution in [2.75, 3.05) is 4.90 Å². The van der Waals surface area contributed by atoms with Gasteiger partial charge in [-0.1, -0.05) is 18.2 Å². The Kier molecular flexibility index (Phi) is 5.69. The number of carbonyl (C=O) groups is 2. The van der Waals surface area contributed by atoms with Crippen LogP contribution in [0.1, 0.15) is 23.9 Å². The van der Waals surface area contributed by atoms with E-state index in [0.717, 1.165) is 13.9 Å². The monoisotopic (exact) mass is 616 g/mol. The molecule has 0 bridgehead atoms. The molecule has 3 aliphatic rings. The Balaban J connectivity index is 1.66. The largest absolute Gasteiger partial charge is 0.508 e. The number of hydrogen-bond acceptors (Lipinski definition) is 5. The molecule has 16 heteroatoms. The second kappa shape index (κ2) is 8.55. The molecule has 2 aliphatic heterocycles. The minimum absolute atomic E-state index is 0.0705. The van der Waals surface area contributed by atoms with Crippen LogP contribution >= 0.6 is 23.2 Å². The van der Waals surface area contributed by atoms with E-state index in [1.807, 2.05) is 0 Å². The third-order valence-corrected chi connectivity index (χ3v) is 9.30. The number of hydrogen-bond donors (Lipinski definition) is 1. The van der Waals surface area contributed by atoms with Gasteiger partial charge in [-0.05, 0) is 23.3 Å². The minimum atomic E-state index is -2.66. The lowest BCUT2D eigenvalue weighted by molar-refractivity contribution is -0.122. The van der Waals surface area contributed by atoms with E-state index in [-0.39, 0.29) is 28.3 Å². The normalized spacial score (nSPS) is 27.0. The van der Waals surface area contributed by atoms with Gasteiger partial charge in [0.15, 0.2) is 33.0 Å². The Morgan fingerprint density at radius 1 is 0.902 bits per heavy atom. The number of aromatic nitrogens is 3. The third kappa shape index (κ3) is 3.17. The van der Waals surface area contributed by atoms with Crippen molar-refractivity contribution in [3.63, 3.8) is 0 Å². The summed E-state index contributed by atoms with van der Waals surface area (Å²) in [7, 11) is 1.20. The molecule has 6 rings (SSSR count). The summed E-state index contributed by atoms with van der Waals surface area (Å²) in [5, 5.41) is 10.2. The highest BCUT2D eigenvalue weighted by molar-refractivity contribution is 6.58. The van der Waals surface area contributed by atoms with E-state index < -0.39 is 86.1 Å². The van der Waals surface area contributed by atoms with Crippen LogP contribution in [-0.2, 0) is 23.2 Å². The Morgan fingerprint density at radius 2 is 1.51 bits per heavy atom. The highest BCUT2D eigenvalue weighted by Crippen LogP contribution is 2.64. The van der Waals surface area contributed by atoms with Gasteiger partial charge in [0.2, 0.25) is 5.82 Å². The molecular weight excluding hydrogens is 602 g/mol. The van der Waals surface area contributed by atoms with Crippen molar-refractivity contribution in [3.8, 4) is 5.75 Å². The van der Waals surface area contributed by atoms with Gasteiger partial charge in [-0.2, -0.15) is 0 Å². The number of phenolic OH excluding ortho intramolecular Hbond substituents is 1. The van der Waals surface area contributed by atoms with Crippen LogP contribution in [0.5, 0.6) is 5.75 Å². The predicted molar refractivity (Wildman–Crippen MR) is 132 cm³/mol. The first kappa shape index (κ1) is 27.3. The van der Waals surface area contributed by atoms with Crippen LogP contribution in [0.2, 0.25) is 0 Å². The minimum Gasteiger partial charge on any atom is -0.508 e. The number of anilines is 1. The third-order valence-electron chi connectivity index (χ3n) is 7.88. The zero-order valence-electron chi connectivity index (χ0n) is 20.5. The summed E-state index contributed by atoms with van der Waals surface area (Å²) in [6.45, 7) is -0.193. The number of imide groups is 1. The van der Waals surface area contributed by atoms with Crippen molar-refractivity contribution in [1.82, 2.24) is 13.9 Å². The van der Waals surface area contributed by atoms with Crippen molar-refractivity contribution in [3.05, 3.63) is 91.5 Å². The van der Waals surface area contributed by atoms with E-state index in [4.69, 9.17) is 23.2 Å². The molecule has 1 aliphatic carbocycles. The first-order valence-electron chi connectivity index (χ1n) is 11.8. The van der Waals surface area contributed by atoms with Gasteiger partial charge < -0.3 is 5.11 Å².